The molecule has 1 unspecified atom stereocenters. The van der Waals surface area contributed by atoms with Gasteiger partial charge in [0.1, 0.15) is 12.3 Å². The van der Waals surface area contributed by atoms with E-state index in [1.807, 2.05) is 19.1 Å². The maximum Gasteiger partial charge on any atom is 0.268 e. The predicted octanol–water partition coefficient (Wildman–Crippen LogP) is 0.526. The molecular weight excluding hydrogens is 270 g/mol. The molecule has 1 heterocycles. The summed E-state index contributed by atoms with van der Waals surface area (Å²) in [4.78, 5) is 25.6. The molecule has 0 spiro atoms. The largest absolute Gasteiger partial charge is 0.479 e. The molecule has 0 saturated heterocycles. The van der Waals surface area contributed by atoms with Gasteiger partial charge in [-0.2, -0.15) is 0 Å². The highest BCUT2D eigenvalue weighted by Crippen LogP contribution is 2.33. The molecular formula is C15H21N3O3. The summed E-state index contributed by atoms with van der Waals surface area (Å²) in [5.41, 5.74) is 0.641. The zero-order chi connectivity index (χ0) is 15.2. The van der Waals surface area contributed by atoms with Crippen molar-refractivity contribution in [2.24, 2.45) is 0 Å². The first-order chi connectivity index (χ1) is 10.1. The van der Waals surface area contributed by atoms with E-state index in [-0.39, 0.29) is 18.4 Å². The van der Waals surface area contributed by atoms with Gasteiger partial charge >= 0.3 is 0 Å². The van der Waals surface area contributed by atoms with E-state index in [9.17, 15) is 9.59 Å². The fourth-order valence-corrected chi connectivity index (χ4v) is 2.19. The van der Waals surface area contributed by atoms with Crippen molar-refractivity contribution < 1.29 is 14.3 Å². The Morgan fingerprint density at radius 3 is 2.86 bits per heavy atom. The maximum absolute atomic E-state index is 12.2. The number of ether oxygens (including phenoxy) is 1. The Morgan fingerprint density at radius 1 is 1.33 bits per heavy atom. The minimum atomic E-state index is -0.575. The van der Waals surface area contributed by atoms with Crippen molar-refractivity contribution in [2.45, 2.75) is 20.0 Å². The second-order valence-electron chi connectivity index (χ2n) is 4.86. The molecule has 0 bridgehead atoms. The zero-order valence-electron chi connectivity index (χ0n) is 12.4. The van der Waals surface area contributed by atoms with Crippen LogP contribution in [-0.4, -0.2) is 44.1 Å². The topological polar surface area (TPSA) is 70.7 Å². The van der Waals surface area contributed by atoms with Gasteiger partial charge in [0.25, 0.3) is 5.91 Å². The molecule has 1 aromatic rings. The van der Waals surface area contributed by atoms with E-state index in [4.69, 9.17) is 4.74 Å². The third-order valence-corrected chi connectivity index (χ3v) is 3.25. The maximum atomic E-state index is 12.2. The number of carbonyl (C=O) groups is 2. The summed E-state index contributed by atoms with van der Waals surface area (Å²) >= 11 is 0. The number of rotatable bonds is 6. The van der Waals surface area contributed by atoms with Crippen molar-refractivity contribution in [3.63, 3.8) is 0 Å². The van der Waals surface area contributed by atoms with Crippen LogP contribution < -0.4 is 20.3 Å². The molecule has 0 saturated carbocycles. The highest BCUT2D eigenvalue weighted by atomic mass is 16.5. The average molecular weight is 291 g/mol. The number of carbonyl (C=O) groups excluding carboxylic acids is 2. The number of fused-ring (bicyclic) bond motifs is 1. The summed E-state index contributed by atoms with van der Waals surface area (Å²) in [6, 6.07) is 7.25. The van der Waals surface area contributed by atoms with Crippen molar-refractivity contribution in [1.29, 1.82) is 0 Å². The van der Waals surface area contributed by atoms with Gasteiger partial charge in [0, 0.05) is 13.1 Å². The van der Waals surface area contributed by atoms with E-state index in [1.54, 1.807) is 19.1 Å². The van der Waals surface area contributed by atoms with Crippen LogP contribution in [0.5, 0.6) is 5.75 Å². The number of anilines is 1. The Labute approximate surface area is 124 Å². The highest BCUT2D eigenvalue weighted by molar-refractivity contribution is 6.03. The van der Waals surface area contributed by atoms with Crippen molar-refractivity contribution in [2.75, 3.05) is 31.1 Å². The van der Waals surface area contributed by atoms with Gasteiger partial charge in [0.2, 0.25) is 5.91 Å². The molecule has 1 aliphatic rings. The molecule has 0 radical (unpaired) electrons. The quantitative estimate of drug-likeness (QED) is 0.750. The number of benzene rings is 1. The van der Waals surface area contributed by atoms with Crippen LogP contribution >= 0.6 is 0 Å². The number of para-hydroxylation sites is 2. The van der Waals surface area contributed by atoms with Gasteiger partial charge in [-0.1, -0.05) is 19.1 Å². The second-order valence-corrected chi connectivity index (χ2v) is 4.86. The molecule has 1 atom stereocenters. The number of amides is 2. The van der Waals surface area contributed by atoms with Gasteiger partial charge < -0.3 is 15.4 Å². The molecule has 1 aliphatic heterocycles. The average Bonchev–Trinajstić information content (AvgIpc) is 2.48. The van der Waals surface area contributed by atoms with Gasteiger partial charge in [0.05, 0.1) is 5.69 Å². The van der Waals surface area contributed by atoms with E-state index in [0.717, 1.165) is 6.54 Å². The molecule has 2 rings (SSSR count). The van der Waals surface area contributed by atoms with Crippen LogP contribution in [-0.2, 0) is 9.59 Å². The first kappa shape index (κ1) is 15.3. The molecule has 21 heavy (non-hydrogen) atoms. The Bertz CT molecular complexity index is 519. The van der Waals surface area contributed by atoms with Crippen LogP contribution in [0.2, 0.25) is 0 Å². The number of nitrogens with one attached hydrogen (secondary N) is 2. The SMILES string of the molecule is CCNCCNC(=O)CN1C(=O)C(C)Oc2ccccc21. The molecule has 6 heteroatoms. The minimum absolute atomic E-state index is 0.00959. The molecule has 0 aliphatic carbocycles. The Kier molecular flexibility index (Phi) is 5.16. The van der Waals surface area contributed by atoms with Crippen LogP contribution in [0.4, 0.5) is 5.69 Å². The van der Waals surface area contributed by atoms with E-state index < -0.39 is 6.10 Å². The summed E-state index contributed by atoms with van der Waals surface area (Å²) in [6.07, 6.45) is -0.575. The number of likely N-dealkylation sites (N-methyl/N-ethyl adjacent to an activating group) is 1. The van der Waals surface area contributed by atoms with E-state index in [0.29, 0.717) is 24.5 Å². The zero-order valence-corrected chi connectivity index (χ0v) is 12.4. The van der Waals surface area contributed by atoms with Gasteiger partial charge in [-0.3, -0.25) is 14.5 Å². The minimum Gasteiger partial charge on any atom is -0.479 e. The molecule has 2 amide bonds. The van der Waals surface area contributed by atoms with Crippen LogP contribution in [0.25, 0.3) is 0 Å². The number of nitrogens with zero attached hydrogens (tertiary/aromatic N) is 1. The van der Waals surface area contributed by atoms with E-state index >= 15 is 0 Å². The normalized spacial score (nSPS) is 17.1. The highest BCUT2D eigenvalue weighted by Gasteiger charge is 2.32. The molecule has 2 N–H and O–H groups in total. The smallest absolute Gasteiger partial charge is 0.268 e. The number of hydrogen-bond acceptors (Lipinski definition) is 4. The van der Waals surface area contributed by atoms with Gasteiger partial charge in [-0.05, 0) is 25.6 Å². The summed E-state index contributed by atoms with van der Waals surface area (Å²) in [6.45, 7) is 5.83. The van der Waals surface area contributed by atoms with Crippen molar-refractivity contribution in [3.8, 4) is 5.75 Å². The van der Waals surface area contributed by atoms with Gasteiger partial charge in [0.15, 0.2) is 6.10 Å². The lowest BCUT2D eigenvalue weighted by Crippen LogP contribution is -2.49. The number of hydrogen-bond donors (Lipinski definition) is 2. The third kappa shape index (κ3) is 3.72. The molecule has 6 nitrogen and oxygen atoms in total. The lowest BCUT2D eigenvalue weighted by molar-refractivity contribution is -0.128. The first-order valence-corrected chi connectivity index (χ1v) is 7.18. The summed E-state index contributed by atoms with van der Waals surface area (Å²) in [7, 11) is 0. The van der Waals surface area contributed by atoms with Crippen LogP contribution in [0, 0.1) is 0 Å². The molecule has 1 aromatic carbocycles. The van der Waals surface area contributed by atoms with E-state index in [1.165, 1.54) is 4.90 Å². The fraction of sp³-hybridized carbons (Fsp3) is 0.467. The van der Waals surface area contributed by atoms with Crippen LogP contribution in [0.15, 0.2) is 24.3 Å². The monoisotopic (exact) mass is 291 g/mol. The first-order valence-electron chi connectivity index (χ1n) is 7.18. The lowest BCUT2D eigenvalue weighted by atomic mass is 10.2. The van der Waals surface area contributed by atoms with Crippen LogP contribution in [0.3, 0.4) is 0 Å². The summed E-state index contributed by atoms with van der Waals surface area (Å²) < 4.78 is 5.54. The molecule has 114 valence electrons. The van der Waals surface area contributed by atoms with Crippen molar-refractivity contribution >= 4 is 17.5 Å². The van der Waals surface area contributed by atoms with Crippen LogP contribution in [0.1, 0.15) is 13.8 Å². The van der Waals surface area contributed by atoms with Crippen molar-refractivity contribution in [1.82, 2.24) is 10.6 Å². The second kappa shape index (κ2) is 7.08. The Balaban J connectivity index is 2.01. The standard InChI is InChI=1S/C15H21N3O3/c1-3-16-8-9-17-14(19)10-18-12-6-4-5-7-13(12)21-11(2)15(18)20/h4-7,11,16H,3,8-10H2,1-2H3,(H,17,19). The fourth-order valence-electron chi connectivity index (χ4n) is 2.19. The van der Waals surface area contributed by atoms with Gasteiger partial charge in [-0.15, -0.1) is 0 Å². The van der Waals surface area contributed by atoms with Gasteiger partial charge in [-0.25, -0.2) is 0 Å². The predicted molar refractivity (Wildman–Crippen MR) is 80.4 cm³/mol. The summed E-state index contributed by atoms with van der Waals surface area (Å²) in [5.74, 6) is 0.255. The Hall–Kier alpha value is -2.08. The third-order valence-electron chi connectivity index (χ3n) is 3.25. The Morgan fingerprint density at radius 2 is 2.10 bits per heavy atom. The summed E-state index contributed by atoms with van der Waals surface area (Å²) in [5, 5.41) is 5.92. The lowest BCUT2D eigenvalue weighted by Gasteiger charge is -2.32. The molecule has 0 fully saturated rings. The molecule has 0 aromatic heterocycles. The van der Waals surface area contributed by atoms with E-state index in [2.05, 4.69) is 10.6 Å². The van der Waals surface area contributed by atoms with Crippen molar-refractivity contribution in [3.05, 3.63) is 24.3 Å².